The van der Waals surface area contributed by atoms with Gasteiger partial charge < -0.3 is 15.0 Å². The van der Waals surface area contributed by atoms with Gasteiger partial charge in [-0.3, -0.25) is 9.59 Å². The van der Waals surface area contributed by atoms with Gasteiger partial charge in [-0.05, 0) is 51.0 Å². The molecule has 3 rings (SSSR count). The second-order valence-electron chi connectivity index (χ2n) is 7.54. The number of hydrogen-bond acceptors (Lipinski definition) is 5. The predicted octanol–water partition coefficient (Wildman–Crippen LogP) is 1.34. The summed E-state index contributed by atoms with van der Waals surface area (Å²) in [5, 5.41) is 2.77. The Morgan fingerprint density at radius 2 is 2.00 bits per heavy atom. The highest BCUT2D eigenvalue weighted by atomic mass is 32.2. The molecular weight excluding hydrogens is 382 g/mol. The minimum absolute atomic E-state index is 0.0195. The van der Waals surface area contributed by atoms with E-state index in [0.717, 1.165) is 12.8 Å². The largest absolute Gasteiger partial charge is 0.377 e. The van der Waals surface area contributed by atoms with Crippen molar-refractivity contribution >= 4 is 27.5 Å². The molecule has 2 heterocycles. The van der Waals surface area contributed by atoms with E-state index in [2.05, 4.69) is 10.0 Å². The number of sulfonamides is 1. The highest BCUT2D eigenvalue weighted by Gasteiger charge is 2.35. The van der Waals surface area contributed by atoms with Gasteiger partial charge in [0, 0.05) is 37.8 Å². The van der Waals surface area contributed by atoms with Crippen molar-refractivity contribution in [3.63, 3.8) is 0 Å². The molecule has 1 aromatic rings. The SMILES string of the molecule is CC(C)N1C[C@H](C(=O)Nc2ccc(S(=O)(=O)NC[C@@H]3CCCO3)cc2)CC1=O. The van der Waals surface area contributed by atoms with Crippen LogP contribution in [0.3, 0.4) is 0 Å². The Morgan fingerprint density at radius 1 is 1.29 bits per heavy atom. The molecule has 0 aliphatic carbocycles. The van der Waals surface area contributed by atoms with Crippen LogP contribution < -0.4 is 10.0 Å². The number of rotatable bonds is 7. The highest BCUT2D eigenvalue weighted by Crippen LogP contribution is 2.22. The third kappa shape index (κ3) is 4.89. The summed E-state index contributed by atoms with van der Waals surface area (Å²) in [6, 6.07) is 6.07. The summed E-state index contributed by atoms with van der Waals surface area (Å²) in [5.41, 5.74) is 0.499. The van der Waals surface area contributed by atoms with Crippen molar-refractivity contribution in [3.05, 3.63) is 24.3 Å². The fraction of sp³-hybridized carbons (Fsp3) is 0.579. The lowest BCUT2D eigenvalue weighted by molar-refractivity contribution is -0.129. The summed E-state index contributed by atoms with van der Waals surface area (Å²) in [7, 11) is -3.63. The molecule has 2 fully saturated rings. The Labute approximate surface area is 165 Å². The van der Waals surface area contributed by atoms with Gasteiger partial charge in [0.2, 0.25) is 21.8 Å². The molecule has 2 aliphatic heterocycles. The molecule has 0 bridgehead atoms. The Kier molecular flexibility index (Phi) is 6.36. The lowest BCUT2D eigenvalue weighted by Crippen LogP contribution is -2.33. The maximum atomic E-state index is 12.4. The van der Waals surface area contributed by atoms with Crippen molar-refractivity contribution in [1.29, 1.82) is 0 Å². The van der Waals surface area contributed by atoms with Gasteiger partial charge in [-0.25, -0.2) is 13.1 Å². The van der Waals surface area contributed by atoms with Crippen molar-refractivity contribution in [2.75, 3.05) is 25.0 Å². The normalized spacial score (nSPS) is 22.8. The molecule has 2 aliphatic rings. The average Bonchev–Trinajstić information content (AvgIpc) is 3.30. The molecule has 9 heteroatoms. The standard InChI is InChI=1S/C19H27N3O5S/c1-13(2)22-12-14(10-18(22)23)19(24)21-15-5-7-17(8-6-15)28(25,26)20-11-16-4-3-9-27-16/h5-8,13-14,16,20H,3-4,9-12H2,1-2H3,(H,21,24)/t14-,16+/m1/s1. The highest BCUT2D eigenvalue weighted by molar-refractivity contribution is 7.89. The second-order valence-corrected chi connectivity index (χ2v) is 9.31. The van der Waals surface area contributed by atoms with E-state index in [1.807, 2.05) is 13.8 Å². The summed E-state index contributed by atoms with van der Waals surface area (Å²) in [4.78, 5) is 26.2. The fourth-order valence-electron chi connectivity index (χ4n) is 3.46. The van der Waals surface area contributed by atoms with Crippen molar-refractivity contribution in [1.82, 2.24) is 9.62 Å². The van der Waals surface area contributed by atoms with E-state index in [4.69, 9.17) is 4.74 Å². The maximum absolute atomic E-state index is 12.4. The van der Waals surface area contributed by atoms with Crippen LogP contribution in [0.2, 0.25) is 0 Å². The first-order chi connectivity index (χ1) is 13.3. The van der Waals surface area contributed by atoms with Crippen molar-refractivity contribution in [3.8, 4) is 0 Å². The molecule has 1 aromatic carbocycles. The molecule has 0 saturated carbocycles. The van der Waals surface area contributed by atoms with Crippen LogP contribution in [0.5, 0.6) is 0 Å². The molecule has 0 unspecified atom stereocenters. The third-order valence-corrected chi connectivity index (χ3v) is 6.55. The molecule has 154 valence electrons. The van der Waals surface area contributed by atoms with Crippen molar-refractivity contribution < 1.29 is 22.7 Å². The van der Waals surface area contributed by atoms with Crippen LogP contribution in [0.4, 0.5) is 5.69 Å². The molecule has 2 atom stereocenters. The number of carbonyl (C=O) groups excluding carboxylic acids is 2. The summed E-state index contributed by atoms with van der Waals surface area (Å²) >= 11 is 0. The quantitative estimate of drug-likeness (QED) is 0.707. The zero-order valence-electron chi connectivity index (χ0n) is 16.2. The van der Waals surface area contributed by atoms with E-state index in [9.17, 15) is 18.0 Å². The minimum atomic E-state index is -3.63. The first-order valence-electron chi connectivity index (χ1n) is 9.58. The molecule has 8 nitrogen and oxygen atoms in total. The number of carbonyl (C=O) groups is 2. The number of benzene rings is 1. The molecular formula is C19H27N3O5S. The zero-order chi connectivity index (χ0) is 20.3. The molecule has 2 amide bonds. The molecule has 2 N–H and O–H groups in total. The number of ether oxygens (including phenoxy) is 1. The Morgan fingerprint density at radius 3 is 2.57 bits per heavy atom. The summed E-state index contributed by atoms with van der Waals surface area (Å²) in [6.07, 6.45) is 1.92. The Hall–Kier alpha value is -1.97. The minimum Gasteiger partial charge on any atom is -0.377 e. The van der Waals surface area contributed by atoms with Crippen LogP contribution in [-0.2, 0) is 24.3 Å². The number of anilines is 1. The van der Waals surface area contributed by atoms with E-state index in [1.165, 1.54) is 12.1 Å². The van der Waals surface area contributed by atoms with Gasteiger partial charge in [0.05, 0.1) is 16.9 Å². The van der Waals surface area contributed by atoms with E-state index in [-0.39, 0.29) is 41.8 Å². The van der Waals surface area contributed by atoms with E-state index < -0.39 is 15.9 Å². The number of hydrogen-bond donors (Lipinski definition) is 2. The number of likely N-dealkylation sites (tertiary alicyclic amines) is 1. The summed E-state index contributed by atoms with van der Waals surface area (Å²) in [5.74, 6) is -0.649. The van der Waals surface area contributed by atoms with Crippen molar-refractivity contribution in [2.24, 2.45) is 5.92 Å². The smallest absolute Gasteiger partial charge is 0.240 e. The molecule has 0 aromatic heterocycles. The van der Waals surface area contributed by atoms with Crippen LogP contribution in [0.15, 0.2) is 29.2 Å². The van der Waals surface area contributed by atoms with E-state index >= 15 is 0 Å². The molecule has 2 saturated heterocycles. The Bertz CT molecular complexity index is 816. The predicted molar refractivity (Wildman–Crippen MR) is 104 cm³/mol. The van der Waals surface area contributed by atoms with Crippen LogP contribution in [-0.4, -0.2) is 57.0 Å². The first-order valence-corrected chi connectivity index (χ1v) is 11.1. The van der Waals surface area contributed by atoms with Gasteiger partial charge >= 0.3 is 0 Å². The number of nitrogens with one attached hydrogen (secondary N) is 2. The van der Waals surface area contributed by atoms with Gasteiger partial charge in [0.1, 0.15) is 0 Å². The van der Waals surface area contributed by atoms with Crippen LogP contribution in [0.25, 0.3) is 0 Å². The van der Waals surface area contributed by atoms with Gasteiger partial charge in [-0.2, -0.15) is 0 Å². The lowest BCUT2D eigenvalue weighted by Gasteiger charge is -2.20. The monoisotopic (exact) mass is 409 g/mol. The first kappa shape index (κ1) is 20.8. The molecule has 28 heavy (non-hydrogen) atoms. The topological polar surface area (TPSA) is 105 Å². The lowest BCUT2D eigenvalue weighted by atomic mass is 10.1. The van der Waals surface area contributed by atoms with Gasteiger partial charge in [0.15, 0.2) is 0 Å². The maximum Gasteiger partial charge on any atom is 0.240 e. The average molecular weight is 410 g/mol. The Balaban J connectivity index is 1.56. The molecule has 0 radical (unpaired) electrons. The van der Waals surface area contributed by atoms with E-state index in [1.54, 1.807) is 17.0 Å². The van der Waals surface area contributed by atoms with E-state index in [0.29, 0.717) is 18.8 Å². The van der Waals surface area contributed by atoms with Crippen LogP contribution in [0.1, 0.15) is 33.1 Å². The number of amides is 2. The van der Waals surface area contributed by atoms with Crippen LogP contribution >= 0.6 is 0 Å². The third-order valence-electron chi connectivity index (χ3n) is 5.11. The van der Waals surface area contributed by atoms with Crippen molar-refractivity contribution in [2.45, 2.75) is 50.2 Å². The fourth-order valence-corrected chi connectivity index (χ4v) is 4.53. The summed E-state index contributed by atoms with van der Waals surface area (Å²) in [6.45, 7) is 5.17. The second kappa shape index (κ2) is 8.59. The summed E-state index contributed by atoms with van der Waals surface area (Å²) < 4.78 is 32.7. The molecule has 0 spiro atoms. The van der Waals surface area contributed by atoms with Gasteiger partial charge in [-0.1, -0.05) is 0 Å². The van der Waals surface area contributed by atoms with Gasteiger partial charge in [-0.15, -0.1) is 0 Å². The zero-order valence-corrected chi connectivity index (χ0v) is 17.0. The van der Waals surface area contributed by atoms with Gasteiger partial charge in [0.25, 0.3) is 0 Å². The number of nitrogens with zero attached hydrogens (tertiary/aromatic N) is 1. The van der Waals surface area contributed by atoms with Crippen LogP contribution in [0, 0.1) is 5.92 Å².